The molecule has 33 heavy (non-hydrogen) atoms. The van der Waals surface area contributed by atoms with Gasteiger partial charge >= 0.3 is 0 Å². The lowest BCUT2D eigenvalue weighted by molar-refractivity contribution is -0.0289. The van der Waals surface area contributed by atoms with E-state index in [-0.39, 0.29) is 23.4 Å². The van der Waals surface area contributed by atoms with Gasteiger partial charge in [-0.3, -0.25) is 4.79 Å². The van der Waals surface area contributed by atoms with Crippen LogP contribution < -0.4 is 10.1 Å². The SMILES string of the molecule is C=C1C[C@H]2[C@H](OCCOCCOCCOCCOC)Nc3cc(O)c(OC)cc3C(=O)N2C1. The number of hydrogen-bond donors (Lipinski definition) is 2. The van der Waals surface area contributed by atoms with Crippen LogP contribution in [0.2, 0.25) is 0 Å². The van der Waals surface area contributed by atoms with Crippen molar-refractivity contribution in [3.63, 3.8) is 0 Å². The van der Waals surface area contributed by atoms with Crippen LogP contribution in [-0.2, 0) is 23.7 Å². The molecule has 1 saturated heterocycles. The van der Waals surface area contributed by atoms with Crippen molar-refractivity contribution in [3.05, 3.63) is 29.8 Å². The second-order valence-corrected chi connectivity index (χ2v) is 7.79. The lowest BCUT2D eigenvalue weighted by Crippen LogP contribution is -2.45. The number of carbonyl (C=O) groups is 1. The van der Waals surface area contributed by atoms with Crippen molar-refractivity contribution in [3.8, 4) is 11.5 Å². The van der Waals surface area contributed by atoms with E-state index in [0.29, 0.717) is 77.1 Å². The zero-order valence-electron chi connectivity index (χ0n) is 19.3. The monoisotopic (exact) mass is 466 g/mol. The minimum absolute atomic E-state index is 0.0470. The molecule has 2 atom stereocenters. The number of methoxy groups -OCH3 is 2. The Bertz CT molecular complexity index is 803. The van der Waals surface area contributed by atoms with Crippen LogP contribution in [0.3, 0.4) is 0 Å². The fourth-order valence-electron chi connectivity index (χ4n) is 3.82. The third-order valence-corrected chi connectivity index (χ3v) is 5.45. The maximum atomic E-state index is 13.2. The van der Waals surface area contributed by atoms with Gasteiger partial charge in [0.2, 0.25) is 0 Å². The van der Waals surface area contributed by atoms with Crippen molar-refractivity contribution < 1.29 is 38.3 Å². The molecule has 2 N–H and O–H groups in total. The van der Waals surface area contributed by atoms with E-state index in [1.807, 2.05) is 0 Å². The van der Waals surface area contributed by atoms with E-state index >= 15 is 0 Å². The summed E-state index contributed by atoms with van der Waals surface area (Å²) in [4.78, 5) is 14.9. The van der Waals surface area contributed by atoms with Crippen LogP contribution in [0, 0.1) is 0 Å². The zero-order valence-corrected chi connectivity index (χ0v) is 19.3. The van der Waals surface area contributed by atoms with Crippen molar-refractivity contribution in [1.82, 2.24) is 4.90 Å². The predicted molar refractivity (Wildman–Crippen MR) is 121 cm³/mol. The average Bonchev–Trinajstić information content (AvgIpc) is 3.16. The topological polar surface area (TPSA) is 108 Å². The Morgan fingerprint density at radius 2 is 1.67 bits per heavy atom. The maximum absolute atomic E-state index is 13.2. The summed E-state index contributed by atoms with van der Waals surface area (Å²) in [5.74, 6) is 0.0503. The summed E-state index contributed by atoms with van der Waals surface area (Å²) in [6.45, 7) is 8.29. The van der Waals surface area contributed by atoms with Crippen LogP contribution in [0.1, 0.15) is 16.8 Å². The number of hydrogen-bond acceptors (Lipinski definition) is 9. The Kier molecular flexibility index (Phi) is 9.76. The van der Waals surface area contributed by atoms with Gasteiger partial charge in [-0.25, -0.2) is 0 Å². The summed E-state index contributed by atoms with van der Waals surface area (Å²) in [5.41, 5.74) is 1.90. The first-order chi connectivity index (χ1) is 16.0. The van der Waals surface area contributed by atoms with Crippen LogP contribution in [0.4, 0.5) is 5.69 Å². The molecule has 1 aromatic rings. The molecule has 2 heterocycles. The molecule has 2 aliphatic heterocycles. The number of amides is 1. The average molecular weight is 467 g/mol. The molecule has 0 spiro atoms. The van der Waals surface area contributed by atoms with Crippen molar-refractivity contribution in [1.29, 1.82) is 0 Å². The van der Waals surface area contributed by atoms with E-state index in [1.165, 1.54) is 13.2 Å². The summed E-state index contributed by atoms with van der Waals surface area (Å²) >= 11 is 0. The number of ether oxygens (including phenoxy) is 6. The number of aromatic hydroxyl groups is 1. The van der Waals surface area contributed by atoms with Gasteiger partial charge in [0.05, 0.1) is 77.3 Å². The van der Waals surface area contributed by atoms with Gasteiger partial charge in [0.1, 0.15) is 6.23 Å². The zero-order chi connectivity index (χ0) is 23.6. The van der Waals surface area contributed by atoms with Gasteiger partial charge in [0, 0.05) is 19.7 Å². The summed E-state index contributed by atoms with van der Waals surface area (Å²) in [6, 6.07) is 2.84. The summed E-state index contributed by atoms with van der Waals surface area (Å²) in [5, 5.41) is 13.4. The fraction of sp³-hybridized carbons (Fsp3) is 0.609. The minimum Gasteiger partial charge on any atom is -0.504 e. The smallest absolute Gasteiger partial charge is 0.256 e. The molecule has 1 fully saturated rings. The van der Waals surface area contributed by atoms with Crippen molar-refractivity contribution in [2.24, 2.45) is 0 Å². The van der Waals surface area contributed by atoms with Gasteiger partial charge in [-0.05, 0) is 12.5 Å². The van der Waals surface area contributed by atoms with Gasteiger partial charge in [-0.2, -0.15) is 0 Å². The summed E-state index contributed by atoms with van der Waals surface area (Å²) in [7, 11) is 3.08. The third kappa shape index (κ3) is 6.81. The second-order valence-electron chi connectivity index (χ2n) is 7.79. The van der Waals surface area contributed by atoms with Gasteiger partial charge in [0.25, 0.3) is 5.91 Å². The highest BCUT2D eigenvalue weighted by atomic mass is 16.6. The number of phenols is 1. The molecular weight excluding hydrogens is 432 g/mol. The number of benzene rings is 1. The van der Waals surface area contributed by atoms with Crippen LogP contribution in [-0.4, -0.2) is 102 Å². The van der Waals surface area contributed by atoms with Crippen LogP contribution >= 0.6 is 0 Å². The first-order valence-corrected chi connectivity index (χ1v) is 11.0. The summed E-state index contributed by atoms with van der Waals surface area (Å²) < 4.78 is 32.5. The molecule has 10 heteroatoms. The molecule has 0 aromatic heterocycles. The minimum atomic E-state index is -0.466. The molecule has 184 valence electrons. The Morgan fingerprint density at radius 3 is 2.30 bits per heavy atom. The highest BCUT2D eigenvalue weighted by Gasteiger charge is 2.41. The normalized spacial score (nSPS) is 19.8. The van der Waals surface area contributed by atoms with Crippen LogP contribution in [0.25, 0.3) is 0 Å². The number of fused-ring (bicyclic) bond motifs is 2. The van der Waals surface area contributed by atoms with E-state index in [4.69, 9.17) is 28.4 Å². The van der Waals surface area contributed by atoms with Gasteiger partial charge in [0.15, 0.2) is 11.5 Å². The second kappa shape index (κ2) is 12.8. The predicted octanol–water partition coefficient (Wildman–Crippen LogP) is 1.64. The van der Waals surface area contributed by atoms with E-state index in [0.717, 1.165) is 5.57 Å². The van der Waals surface area contributed by atoms with Gasteiger partial charge in [-0.1, -0.05) is 12.2 Å². The molecule has 1 aromatic carbocycles. The molecule has 0 aliphatic carbocycles. The van der Waals surface area contributed by atoms with Gasteiger partial charge in [-0.15, -0.1) is 0 Å². The quantitative estimate of drug-likeness (QED) is 0.312. The summed E-state index contributed by atoms with van der Waals surface area (Å²) in [6.07, 6.45) is 0.174. The molecule has 0 saturated carbocycles. The maximum Gasteiger partial charge on any atom is 0.256 e. The number of nitrogens with zero attached hydrogens (tertiary/aromatic N) is 1. The first kappa shape index (κ1) is 25.3. The number of carbonyl (C=O) groups excluding carboxylic acids is 1. The van der Waals surface area contributed by atoms with Crippen LogP contribution in [0.5, 0.6) is 11.5 Å². The Labute approximate surface area is 194 Å². The highest BCUT2D eigenvalue weighted by Crippen LogP contribution is 2.38. The lowest BCUT2D eigenvalue weighted by Gasteiger charge is -2.29. The number of rotatable bonds is 14. The van der Waals surface area contributed by atoms with E-state index in [9.17, 15) is 9.90 Å². The highest BCUT2D eigenvalue weighted by molar-refractivity contribution is 6.02. The molecule has 10 nitrogen and oxygen atoms in total. The Hall–Kier alpha value is -2.37. The standard InChI is InChI=1S/C23H34N2O8/c1-16-12-19-22(33-11-10-32-9-8-31-7-6-30-5-4-28-2)24-18-14-20(26)21(29-3)13-17(18)23(27)25(19)15-16/h13-14,19,22,24,26H,1,4-12,15H2,2-3H3/t19-,22-/m0/s1. The molecule has 0 bridgehead atoms. The largest absolute Gasteiger partial charge is 0.504 e. The third-order valence-electron chi connectivity index (χ3n) is 5.45. The Morgan fingerprint density at radius 1 is 1.03 bits per heavy atom. The van der Waals surface area contributed by atoms with E-state index in [1.54, 1.807) is 18.1 Å². The van der Waals surface area contributed by atoms with E-state index in [2.05, 4.69) is 11.9 Å². The molecule has 0 unspecified atom stereocenters. The number of nitrogens with one attached hydrogen (secondary N) is 1. The molecule has 2 aliphatic rings. The fourth-order valence-corrected chi connectivity index (χ4v) is 3.82. The van der Waals surface area contributed by atoms with E-state index < -0.39 is 6.23 Å². The molecule has 1 amide bonds. The van der Waals surface area contributed by atoms with Crippen molar-refractivity contribution in [2.45, 2.75) is 18.7 Å². The number of anilines is 1. The van der Waals surface area contributed by atoms with Gasteiger partial charge < -0.3 is 43.7 Å². The van der Waals surface area contributed by atoms with Crippen molar-refractivity contribution >= 4 is 11.6 Å². The molecular formula is C23H34N2O8. The number of phenolic OH excluding ortho intramolecular Hbond substituents is 1. The van der Waals surface area contributed by atoms with Crippen molar-refractivity contribution in [2.75, 3.05) is 78.9 Å². The molecule has 3 rings (SSSR count). The first-order valence-electron chi connectivity index (χ1n) is 11.0. The van der Waals surface area contributed by atoms with Crippen LogP contribution in [0.15, 0.2) is 24.3 Å². The molecule has 0 radical (unpaired) electrons. The lowest BCUT2D eigenvalue weighted by atomic mass is 10.1. The Balaban J connectivity index is 1.46.